The fourth-order valence-corrected chi connectivity index (χ4v) is 9.09. The van der Waals surface area contributed by atoms with E-state index in [0.717, 1.165) is 45.2 Å². The molecule has 0 spiro atoms. The molecule has 1 aromatic carbocycles. The first-order valence-electron chi connectivity index (χ1n) is 15.4. The van der Waals surface area contributed by atoms with Crippen LogP contribution in [0, 0.1) is 34.5 Å². The Morgan fingerprint density at radius 1 is 1.10 bits per heavy atom. The Bertz CT molecular complexity index is 1370. The molecule has 4 aliphatic carbocycles. The molecule has 1 N–H and O–H groups in total. The van der Waals surface area contributed by atoms with Crippen LogP contribution in [0.4, 0.5) is 5.69 Å². The van der Waals surface area contributed by atoms with E-state index in [1.807, 2.05) is 6.08 Å². The first kappa shape index (κ1) is 28.0. The molecular formula is C35H41NO5. The number of aliphatic hydroxyl groups excluding tert-OH is 1. The Morgan fingerprint density at radius 2 is 1.85 bits per heavy atom. The van der Waals surface area contributed by atoms with Gasteiger partial charge in [-0.15, -0.1) is 0 Å². The third-order valence-electron chi connectivity index (χ3n) is 11.0. The number of anilines is 1. The van der Waals surface area contributed by atoms with Crippen molar-refractivity contribution < 1.29 is 24.2 Å². The number of nitrogens with zero attached hydrogens (tertiary/aromatic N) is 1. The van der Waals surface area contributed by atoms with E-state index < -0.39 is 16.8 Å². The van der Waals surface area contributed by atoms with Gasteiger partial charge in [0.1, 0.15) is 6.61 Å². The predicted octanol–water partition coefficient (Wildman–Crippen LogP) is 5.30. The maximum Gasteiger partial charge on any atom is 0.303 e. The van der Waals surface area contributed by atoms with Crippen molar-refractivity contribution in [2.75, 3.05) is 31.2 Å². The van der Waals surface area contributed by atoms with Crippen molar-refractivity contribution in [2.45, 2.75) is 77.6 Å². The molecule has 0 unspecified atom stereocenters. The van der Waals surface area contributed by atoms with Gasteiger partial charge in [-0.1, -0.05) is 36.5 Å². The minimum absolute atomic E-state index is 0.107. The second-order valence-corrected chi connectivity index (χ2v) is 12.9. The minimum atomic E-state index is -0.988. The lowest BCUT2D eigenvalue weighted by molar-refractivity contribution is -0.150. The molecule has 1 saturated heterocycles. The number of aliphatic hydroxyl groups is 1. The average molecular weight is 556 g/mol. The molecule has 1 aliphatic heterocycles. The van der Waals surface area contributed by atoms with Crippen LogP contribution in [0.1, 0.15) is 83.1 Å². The van der Waals surface area contributed by atoms with Gasteiger partial charge in [0.25, 0.3) is 0 Å². The van der Waals surface area contributed by atoms with Gasteiger partial charge < -0.3 is 14.7 Å². The molecule has 216 valence electrons. The van der Waals surface area contributed by atoms with Gasteiger partial charge in [0.05, 0.1) is 5.41 Å². The summed E-state index contributed by atoms with van der Waals surface area (Å²) >= 11 is 0. The molecule has 0 radical (unpaired) electrons. The molecule has 3 fully saturated rings. The first-order valence-corrected chi connectivity index (χ1v) is 15.4. The number of ketones is 2. The molecule has 1 heterocycles. The van der Waals surface area contributed by atoms with Gasteiger partial charge in [0, 0.05) is 38.0 Å². The molecule has 0 aromatic heterocycles. The zero-order chi connectivity index (χ0) is 28.8. The number of carbonyl (C=O) groups is 3. The van der Waals surface area contributed by atoms with Crippen molar-refractivity contribution in [2.24, 2.45) is 22.7 Å². The fraction of sp³-hybridized carbons (Fsp3) is 0.571. The summed E-state index contributed by atoms with van der Waals surface area (Å²) in [5.74, 6) is 6.37. The Balaban J connectivity index is 1.46. The van der Waals surface area contributed by atoms with Gasteiger partial charge in [-0.3, -0.25) is 14.4 Å². The topological polar surface area (TPSA) is 83.9 Å². The van der Waals surface area contributed by atoms with E-state index in [1.165, 1.54) is 47.7 Å². The Morgan fingerprint density at radius 3 is 2.56 bits per heavy atom. The number of benzene rings is 1. The summed E-state index contributed by atoms with van der Waals surface area (Å²) in [6.07, 6.45) is 9.77. The largest absolute Gasteiger partial charge is 0.458 e. The van der Waals surface area contributed by atoms with E-state index in [4.69, 9.17) is 4.74 Å². The van der Waals surface area contributed by atoms with Crippen molar-refractivity contribution in [1.82, 2.24) is 0 Å². The highest BCUT2D eigenvalue weighted by Gasteiger charge is 2.65. The third-order valence-corrected chi connectivity index (χ3v) is 11.0. The van der Waals surface area contributed by atoms with Gasteiger partial charge in [0.2, 0.25) is 0 Å². The highest BCUT2D eigenvalue weighted by atomic mass is 16.5. The van der Waals surface area contributed by atoms with E-state index in [1.54, 1.807) is 0 Å². The lowest BCUT2D eigenvalue weighted by Gasteiger charge is -2.54. The number of hydrogen-bond donors (Lipinski definition) is 1. The normalized spacial score (nSPS) is 32.4. The van der Waals surface area contributed by atoms with Crippen LogP contribution < -0.4 is 4.90 Å². The monoisotopic (exact) mass is 555 g/mol. The first-order chi connectivity index (χ1) is 19.8. The van der Waals surface area contributed by atoms with Gasteiger partial charge in [-0.25, -0.2) is 0 Å². The van der Waals surface area contributed by atoms with Crippen LogP contribution in [0.5, 0.6) is 0 Å². The number of hydrogen-bond acceptors (Lipinski definition) is 6. The summed E-state index contributed by atoms with van der Waals surface area (Å²) in [5.41, 5.74) is 5.13. The average Bonchev–Trinajstić information content (AvgIpc) is 3.61. The molecule has 6 heteroatoms. The van der Waals surface area contributed by atoms with Crippen molar-refractivity contribution >= 4 is 23.2 Å². The highest BCUT2D eigenvalue weighted by molar-refractivity contribution is 5.93. The second kappa shape index (κ2) is 10.9. The molecule has 2 saturated carbocycles. The number of rotatable bonds is 5. The summed E-state index contributed by atoms with van der Waals surface area (Å²) < 4.78 is 5.23. The molecule has 1 aromatic rings. The maximum atomic E-state index is 14.0. The smallest absolute Gasteiger partial charge is 0.303 e. The van der Waals surface area contributed by atoms with E-state index in [0.29, 0.717) is 18.8 Å². The van der Waals surface area contributed by atoms with Crippen LogP contribution in [0.15, 0.2) is 47.1 Å². The van der Waals surface area contributed by atoms with Crippen LogP contribution in [0.3, 0.4) is 0 Å². The lowest BCUT2D eigenvalue weighted by atomic mass is 9.48. The van der Waals surface area contributed by atoms with Gasteiger partial charge in [-0.2, -0.15) is 0 Å². The van der Waals surface area contributed by atoms with E-state index in [9.17, 15) is 19.5 Å². The van der Waals surface area contributed by atoms with Crippen molar-refractivity contribution in [3.63, 3.8) is 0 Å². The van der Waals surface area contributed by atoms with Crippen molar-refractivity contribution in [3.8, 4) is 11.8 Å². The summed E-state index contributed by atoms with van der Waals surface area (Å²) in [6, 6.07) is 9.04. The van der Waals surface area contributed by atoms with Crippen LogP contribution >= 0.6 is 0 Å². The number of carbonyl (C=O) groups excluding carboxylic acids is 3. The Labute approximate surface area is 243 Å². The highest BCUT2D eigenvalue weighted by Crippen LogP contribution is 2.69. The standard InChI is InChI=1S/C35H41NO5/c1-23(38)41-22-32(40)35(15-5-19-37)16-14-31-29-12-8-25-20-27(39)11-13-28(25)33(29)30(21-34(31,35)2)24-6-9-26(10-7-24)36-17-3-4-18-36/h6-7,9-10,20,29-31,37H,3-4,8,11-14,16-19,21-22H2,1-2H3/t29-,30+,31-,34-,35+/m0/s1. The zero-order valence-electron chi connectivity index (χ0n) is 24.3. The number of Topliss-reactive ketones (excluding diaryl/α,β-unsaturated/α-hetero) is 1. The predicted molar refractivity (Wildman–Crippen MR) is 157 cm³/mol. The maximum absolute atomic E-state index is 14.0. The summed E-state index contributed by atoms with van der Waals surface area (Å²) in [7, 11) is 0. The summed E-state index contributed by atoms with van der Waals surface area (Å²) in [6.45, 7) is 5.13. The molecule has 6 rings (SSSR count). The molecular weight excluding hydrogens is 514 g/mol. The molecule has 5 aliphatic rings. The molecule has 6 nitrogen and oxygen atoms in total. The molecule has 5 atom stereocenters. The Hall–Kier alpha value is -3.17. The van der Waals surface area contributed by atoms with E-state index in [-0.39, 0.29) is 36.6 Å². The van der Waals surface area contributed by atoms with Gasteiger partial charge in [0.15, 0.2) is 18.2 Å². The number of allylic oxidation sites excluding steroid dienone is 4. The van der Waals surface area contributed by atoms with Crippen LogP contribution in [0.2, 0.25) is 0 Å². The molecule has 0 amide bonds. The van der Waals surface area contributed by atoms with Gasteiger partial charge in [-0.05, 0) is 104 Å². The summed E-state index contributed by atoms with van der Waals surface area (Å²) in [4.78, 5) is 40.5. The van der Waals surface area contributed by atoms with Crippen molar-refractivity contribution in [3.05, 3.63) is 52.6 Å². The van der Waals surface area contributed by atoms with Crippen molar-refractivity contribution in [1.29, 1.82) is 0 Å². The fourth-order valence-electron chi connectivity index (χ4n) is 9.09. The van der Waals surface area contributed by atoms with Crippen LogP contribution in [-0.4, -0.2) is 48.9 Å². The van der Waals surface area contributed by atoms with Crippen LogP contribution in [-0.2, 0) is 19.1 Å². The third kappa shape index (κ3) is 4.67. The summed E-state index contributed by atoms with van der Waals surface area (Å²) in [5, 5.41) is 9.69. The Kier molecular flexibility index (Phi) is 7.44. The lowest BCUT2D eigenvalue weighted by Crippen LogP contribution is -2.51. The minimum Gasteiger partial charge on any atom is -0.458 e. The van der Waals surface area contributed by atoms with Gasteiger partial charge >= 0.3 is 5.97 Å². The van der Waals surface area contributed by atoms with E-state index in [2.05, 4.69) is 47.9 Å². The zero-order valence-corrected chi connectivity index (χ0v) is 24.3. The number of fused-ring (bicyclic) bond motifs is 4. The number of esters is 1. The SMILES string of the molecule is CC(=O)OCC(=O)[C@@]1(C#CCO)CC[C@H]2[C@@H]3CCC4=CC(=O)CCC4=C3[C@@H](c3ccc(N4CCCC4)cc3)C[C@@]21C. The molecule has 41 heavy (non-hydrogen) atoms. The second-order valence-electron chi connectivity index (χ2n) is 12.9. The van der Waals surface area contributed by atoms with E-state index >= 15 is 0 Å². The van der Waals surface area contributed by atoms with Crippen LogP contribution in [0.25, 0.3) is 0 Å². The quantitative estimate of drug-likeness (QED) is 0.392. The number of ether oxygens (including phenoxy) is 1. The molecule has 0 bridgehead atoms.